The second-order valence-corrected chi connectivity index (χ2v) is 2.81. The topological polar surface area (TPSA) is 33.1 Å². The van der Waals surface area contributed by atoms with Crippen LogP contribution >= 0.6 is 15.9 Å². The van der Waals surface area contributed by atoms with E-state index >= 15 is 0 Å². The summed E-state index contributed by atoms with van der Waals surface area (Å²) in [5.74, 6) is 0. The van der Waals surface area contributed by atoms with Crippen molar-refractivity contribution in [2.45, 2.75) is 0 Å². The van der Waals surface area contributed by atoms with Gasteiger partial charge in [-0.05, 0) is 27.6 Å². The lowest BCUT2D eigenvalue weighted by atomic mass is 10.3. The van der Waals surface area contributed by atoms with Gasteiger partial charge in [-0.15, -0.1) is 0 Å². The monoisotopic (exact) mass is 213 g/mol. The lowest BCUT2D eigenvalue weighted by Gasteiger charge is -1.91. The van der Waals surface area contributed by atoms with Crippen LogP contribution in [0.5, 0.6) is 0 Å². The molecule has 1 heterocycles. The number of hydrogen-bond donors (Lipinski definition) is 1. The Morgan fingerprint density at radius 1 is 1.55 bits per heavy atom. The van der Waals surface area contributed by atoms with Gasteiger partial charge in [-0.3, -0.25) is 0 Å². The number of aliphatic hydroxyl groups excluding tert-OH is 1. The average Bonchev–Trinajstić information content (AvgIpc) is 2.04. The number of pyridine rings is 1. The van der Waals surface area contributed by atoms with Crippen molar-refractivity contribution in [2.75, 3.05) is 6.61 Å². The lowest BCUT2D eigenvalue weighted by molar-refractivity contribution is 0.343. The fraction of sp³-hybridized carbons (Fsp3) is 0.125. The van der Waals surface area contributed by atoms with Crippen LogP contribution in [-0.4, -0.2) is 16.7 Å². The van der Waals surface area contributed by atoms with Crippen molar-refractivity contribution >= 4 is 22.0 Å². The second-order valence-electron chi connectivity index (χ2n) is 2.00. The molecule has 1 rings (SSSR count). The van der Waals surface area contributed by atoms with Gasteiger partial charge in [-0.25, -0.2) is 4.98 Å². The molecule has 0 aliphatic rings. The minimum Gasteiger partial charge on any atom is -0.392 e. The molecular formula is C8H8BrNO. The maximum atomic E-state index is 8.47. The third-order valence-electron chi connectivity index (χ3n) is 1.17. The Hall–Kier alpha value is -0.670. The summed E-state index contributed by atoms with van der Waals surface area (Å²) in [5.41, 5.74) is 0.988. The van der Waals surface area contributed by atoms with Crippen LogP contribution in [0.1, 0.15) is 5.56 Å². The summed E-state index contributed by atoms with van der Waals surface area (Å²) in [6.07, 6.45) is 5.22. The number of aliphatic hydroxyl groups is 1. The molecule has 0 spiro atoms. The largest absolute Gasteiger partial charge is 0.392 e. The van der Waals surface area contributed by atoms with Gasteiger partial charge >= 0.3 is 0 Å². The third-order valence-corrected chi connectivity index (χ3v) is 1.64. The van der Waals surface area contributed by atoms with Crippen molar-refractivity contribution in [3.63, 3.8) is 0 Å². The Bertz CT molecular complexity index is 243. The van der Waals surface area contributed by atoms with Gasteiger partial charge in [0.1, 0.15) is 4.60 Å². The van der Waals surface area contributed by atoms with E-state index in [2.05, 4.69) is 20.9 Å². The first-order chi connectivity index (χ1) is 5.33. The van der Waals surface area contributed by atoms with Crippen LogP contribution in [-0.2, 0) is 0 Å². The standard InChI is InChI=1S/C8H8BrNO/c9-8-4-3-7(6-10-8)2-1-5-11/h1-4,6,11H,5H2/b2-1+. The zero-order chi connectivity index (χ0) is 8.10. The molecule has 1 N–H and O–H groups in total. The molecule has 0 radical (unpaired) electrons. The summed E-state index contributed by atoms with van der Waals surface area (Å²) in [6.45, 7) is 0.0655. The second kappa shape index (κ2) is 4.26. The van der Waals surface area contributed by atoms with E-state index in [1.165, 1.54) is 0 Å². The number of halogens is 1. The highest BCUT2D eigenvalue weighted by atomic mass is 79.9. The van der Waals surface area contributed by atoms with E-state index in [4.69, 9.17) is 5.11 Å². The Morgan fingerprint density at radius 2 is 2.36 bits per heavy atom. The lowest BCUT2D eigenvalue weighted by Crippen LogP contribution is -1.77. The summed E-state index contributed by atoms with van der Waals surface area (Å²) in [4.78, 5) is 4.02. The van der Waals surface area contributed by atoms with Crippen molar-refractivity contribution < 1.29 is 5.11 Å². The fourth-order valence-corrected chi connectivity index (χ4v) is 0.909. The summed E-state index contributed by atoms with van der Waals surface area (Å²) in [7, 11) is 0. The Morgan fingerprint density at radius 3 is 2.91 bits per heavy atom. The van der Waals surface area contributed by atoms with Gasteiger partial charge in [0.2, 0.25) is 0 Å². The first kappa shape index (κ1) is 8.43. The molecule has 0 atom stereocenters. The molecule has 2 nitrogen and oxygen atoms in total. The maximum Gasteiger partial charge on any atom is 0.106 e. The molecule has 11 heavy (non-hydrogen) atoms. The van der Waals surface area contributed by atoms with Gasteiger partial charge < -0.3 is 5.11 Å². The van der Waals surface area contributed by atoms with Crippen molar-refractivity contribution in [1.29, 1.82) is 0 Å². The molecule has 0 fully saturated rings. The van der Waals surface area contributed by atoms with Crippen molar-refractivity contribution in [3.05, 3.63) is 34.6 Å². The van der Waals surface area contributed by atoms with E-state index in [-0.39, 0.29) is 6.61 Å². The summed E-state index contributed by atoms with van der Waals surface area (Å²) < 4.78 is 0.818. The van der Waals surface area contributed by atoms with Crippen LogP contribution in [0.3, 0.4) is 0 Å². The summed E-state index contributed by atoms with van der Waals surface area (Å²) in [6, 6.07) is 3.78. The Labute approximate surface area is 73.7 Å². The molecule has 0 aliphatic heterocycles. The van der Waals surface area contributed by atoms with Crippen molar-refractivity contribution in [1.82, 2.24) is 4.98 Å². The van der Waals surface area contributed by atoms with Gasteiger partial charge in [0, 0.05) is 6.20 Å². The minimum atomic E-state index is 0.0655. The average molecular weight is 214 g/mol. The number of rotatable bonds is 2. The molecule has 0 aromatic carbocycles. The van der Waals surface area contributed by atoms with E-state index in [0.29, 0.717) is 0 Å². The molecule has 1 aromatic heterocycles. The number of aromatic nitrogens is 1. The molecule has 0 amide bonds. The van der Waals surface area contributed by atoms with Crippen LogP contribution in [0.2, 0.25) is 0 Å². The van der Waals surface area contributed by atoms with Gasteiger partial charge in [0.15, 0.2) is 0 Å². The highest BCUT2D eigenvalue weighted by molar-refractivity contribution is 9.10. The molecule has 58 valence electrons. The number of nitrogens with zero attached hydrogens (tertiary/aromatic N) is 1. The van der Waals surface area contributed by atoms with Crippen LogP contribution < -0.4 is 0 Å². The highest BCUT2D eigenvalue weighted by Gasteiger charge is 1.86. The zero-order valence-corrected chi connectivity index (χ0v) is 7.45. The van der Waals surface area contributed by atoms with Gasteiger partial charge in [-0.2, -0.15) is 0 Å². The summed E-state index contributed by atoms with van der Waals surface area (Å²) in [5, 5.41) is 8.47. The van der Waals surface area contributed by atoms with Crippen LogP contribution in [0.15, 0.2) is 29.0 Å². The molecule has 0 bridgehead atoms. The molecule has 0 unspecified atom stereocenters. The van der Waals surface area contributed by atoms with E-state index in [1.54, 1.807) is 12.3 Å². The Kier molecular flexibility index (Phi) is 3.26. The van der Waals surface area contributed by atoms with E-state index in [0.717, 1.165) is 10.2 Å². The smallest absolute Gasteiger partial charge is 0.106 e. The quantitative estimate of drug-likeness (QED) is 0.762. The Balaban J connectivity index is 2.73. The van der Waals surface area contributed by atoms with E-state index in [9.17, 15) is 0 Å². The van der Waals surface area contributed by atoms with Crippen LogP contribution in [0.4, 0.5) is 0 Å². The molecule has 0 saturated carbocycles. The van der Waals surface area contributed by atoms with Gasteiger partial charge in [-0.1, -0.05) is 18.2 Å². The molecule has 1 aromatic rings. The fourth-order valence-electron chi connectivity index (χ4n) is 0.675. The third kappa shape index (κ3) is 2.82. The maximum absolute atomic E-state index is 8.47. The SMILES string of the molecule is OC/C=C/c1ccc(Br)nc1. The molecule has 3 heteroatoms. The predicted octanol–water partition coefficient (Wildman–Crippen LogP) is 1.85. The van der Waals surface area contributed by atoms with Gasteiger partial charge in [0.25, 0.3) is 0 Å². The molecular weight excluding hydrogens is 206 g/mol. The highest BCUT2D eigenvalue weighted by Crippen LogP contribution is 2.06. The van der Waals surface area contributed by atoms with Crippen LogP contribution in [0.25, 0.3) is 6.08 Å². The zero-order valence-electron chi connectivity index (χ0n) is 5.87. The number of hydrogen-bond acceptors (Lipinski definition) is 2. The predicted molar refractivity (Wildman–Crippen MR) is 48.1 cm³/mol. The summed E-state index contributed by atoms with van der Waals surface area (Å²) >= 11 is 3.23. The van der Waals surface area contributed by atoms with Crippen molar-refractivity contribution in [3.8, 4) is 0 Å². The normalized spacial score (nSPS) is 10.7. The first-order valence-corrected chi connectivity index (χ1v) is 4.01. The first-order valence-electron chi connectivity index (χ1n) is 3.22. The van der Waals surface area contributed by atoms with E-state index < -0.39 is 0 Å². The van der Waals surface area contributed by atoms with E-state index in [1.807, 2.05) is 18.2 Å². The molecule has 0 saturated heterocycles. The van der Waals surface area contributed by atoms with Gasteiger partial charge in [0.05, 0.1) is 6.61 Å². The molecule has 0 aliphatic carbocycles. The van der Waals surface area contributed by atoms with Crippen molar-refractivity contribution in [2.24, 2.45) is 0 Å². The minimum absolute atomic E-state index is 0.0655. The van der Waals surface area contributed by atoms with Crippen LogP contribution in [0, 0.1) is 0 Å².